The molecule has 2 saturated heterocycles. The maximum atomic E-state index is 14.0. The summed E-state index contributed by atoms with van der Waals surface area (Å²) in [7, 11) is 0. The van der Waals surface area contributed by atoms with Crippen LogP contribution in [0.15, 0.2) is 24.3 Å². The van der Waals surface area contributed by atoms with Gasteiger partial charge in [0, 0.05) is 34.2 Å². The molecule has 0 spiro atoms. The van der Waals surface area contributed by atoms with Gasteiger partial charge in [-0.1, -0.05) is 67.2 Å². The van der Waals surface area contributed by atoms with E-state index in [-0.39, 0.29) is 33.4 Å². The number of aromatic nitrogens is 1. The second-order valence-corrected chi connectivity index (χ2v) is 12.0. The van der Waals surface area contributed by atoms with E-state index in [0.29, 0.717) is 40.7 Å². The summed E-state index contributed by atoms with van der Waals surface area (Å²) >= 11 is 25.1. The van der Waals surface area contributed by atoms with Crippen molar-refractivity contribution >= 4 is 76.6 Å². The maximum Gasteiger partial charge on any atom is 0.239 e. The third kappa shape index (κ3) is 4.50. The van der Waals surface area contributed by atoms with Crippen molar-refractivity contribution in [1.82, 2.24) is 9.88 Å². The third-order valence-electron chi connectivity index (χ3n) is 7.62. The molecule has 4 rings (SSSR count). The quantitative estimate of drug-likeness (QED) is 0.338. The average Bonchev–Trinajstić information content (AvgIpc) is 3.19. The molecule has 2 fully saturated rings. The summed E-state index contributed by atoms with van der Waals surface area (Å²) < 4.78 is 0. The summed E-state index contributed by atoms with van der Waals surface area (Å²) in [6.07, 6.45) is 1.74. The Labute approximate surface area is 230 Å². The van der Waals surface area contributed by atoms with Gasteiger partial charge in [-0.25, -0.2) is 9.88 Å². The lowest BCUT2D eigenvalue weighted by Crippen LogP contribution is -2.44. The Kier molecular flexibility index (Phi) is 7.36. The van der Waals surface area contributed by atoms with Crippen LogP contribution in [0, 0.1) is 17.3 Å². The van der Waals surface area contributed by atoms with E-state index < -0.39 is 17.4 Å². The zero-order valence-electron chi connectivity index (χ0n) is 20.2. The number of hydrogen-bond acceptors (Lipinski definition) is 5. The number of rotatable bonds is 6. The molecule has 11 heteroatoms. The minimum Gasteiger partial charge on any atom is -0.327 e. The number of anilines is 2. The summed E-state index contributed by atoms with van der Waals surface area (Å²) in [6.45, 7) is 8.97. The van der Waals surface area contributed by atoms with E-state index in [1.807, 2.05) is 13.8 Å². The first-order valence-electron chi connectivity index (χ1n) is 11.4. The van der Waals surface area contributed by atoms with Crippen LogP contribution in [0.3, 0.4) is 0 Å². The number of benzene rings is 1. The Hall–Kier alpha value is -1.90. The van der Waals surface area contributed by atoms with Crippen LogP contribution in [0.1, 0.15) is 39.7 Å². The van der Waals surface area contributed by atoms with Gasteiger partial charge in [0.1, 0.15) is 11.0 Å². The van der Waals surface area contributed by atoms with Crippen molar-refractivity contribution in [2.24, 2.45) is 17.3 Å². The molecule has 2 aliphatic rings. The van der Waals surface area contributed by atoms with Gasteiger partial charge >= 0.3 is 0 Å². The molecule has 0 aliphatic carbocycles. The molecule has 4 atom stereocenters. The molecule has 0 bridgehead atoms. The molecule has 2 aromatic rings. The normalized spacial score (nSPS) is 26.9. The zero-order chi connectivity index (χ0) is 26.6. The fourth-order valence-corrected chi connectivity index (χ4v) is 7.01. The fraction of sp³-hybridized carbons (Fsp3) is 0.440. The number of hydrogen-bond donors (Lipinski definition) is 1. The molecule has 0 radical (unpaired) electrons. The van der Waals surface area contributed by atoms with E-state index in [9.17, 15) is 14.4 Å². The Balaban J connectivity index is 1.86. The second kappa shape index (κ2) is 9.76. The van der Waals surface area contributed by atoms with Crippen molar-refractivity contribution < 1.29 is 14.4 Å². The minimum atomic E-state index is -0.743. The smallest absolute Gasteiger partial charge is 0.239 e. The SMILES string of the molecule is CC1C(C(=O)N(C=O)c2cc(Cl)cc(Cl)n2)C2CC(C)(C)CN2C1(C)c1cc(Cl)cc(Cl)c1NC=O. The lowest BCUT2D eigenvalue weighted by molar-refractivity contribution is -0.126. The van der Waals surface area contributed by atoms with E-state index in [0.717, 1.165) is 11.3 Å². The van der Waals surface area contributed by atoms with Gasteiger partial charge in [-0.05, 0) is 48.4 Å². The Morgan fingerprint density at radius 3 is 2.39 bits per heavy atom. The standard InChI is InChI=1S/C25H26Cl4N4O3/c1-13-21(23(36)32(12-35)20-8-15(27)7-19(29)31-20)18-9-24(2,3)10-33(18)25(13,4)16-5-14(26)6-17(28)22(16)30-11-34/h5-8,11-13,18,21H,9-10H2,1-4H3,(H,30,34). The topological polar surface area (TPSA) is 82.6 Å². The molecule has 1 aromatic carbocycles. The lowest BCUT2D eigenvalue weighted by atomic mass is 9.73. The van der Waals surface area contributed by atoms with Crippen LogP contribution in [0.5, 0.6) is 0 Å². The molecular formula is C25H26Cl4N4O3. The molecule has 4 unspecified atom stereocenters. The van der Waals surface area contributed by atoms with E-state index in [1.165, 1.54) is 12.1 Å². The van der Waals surface area contributed by atoms with Crippen molar-refractivity contribution in [3.05, 3.63) is 50.0 Å². The monoisotopic (exact) mass is 570 g/mol. The molecule has 3 heterocycles. The minimum absolute atomic E-state index is 0.0613. The Morgan fingerprint density at radius 1 is 1.11 bits per heavy atom. The number of pyridine rings is 1. The van der Waals surface area contributed by atoms with Gasteiger partial charge < -0.3 is 5.32 Å². The van der Waals surface area contributed by atoms with Crippen LogP contribution in [0.25, 0.3) is 0 Å². The van der Waals surface area contributed by atoms with Crippen LogP contribution < -0.4 is 10.2 Å². The molecule has 2 aliphatic heterocycles. The predicted molar refractivity (Wildman–Crippen MR) is 143 cm³/mol. The van der Waals surface area contributed by atoms with Crippen molar-refractivity contribution in [3.8, 4) is 0 Å². The first kappa shape index (κ1) is 27.1. The van der Waals surface area contributed by atoms with Gasteiger partial charge in [-0.2, -0.15) is 0 Å². The van der Waals surface area contributed by atoms with E-state index in [2.05, 4.69) is 29.0 Å². The zero-order valence-corrected chi connectivity index (χ0v) is 23.2. The van der Waals surface area contributed by atoms with Crippen LogP contribution >= 0.6 is 46.4 Å². The number of carbonyl (C=O) groups is 3. The van der Waals surface area contributed by atoms with Crippen molar-refractivity contribution in [1.29, 1.82) is 0 Å². The summed E-state index contributed by atoms with van der Waals surface area (Å²) in [4.78, 5) is 45.1. The number of nitrogens with one attached hydrogen (secondary N) is 1. The summed E-state index contributed by atoms with van der Waals surface area (Å²) in [5.74, 6) is -1.22. The van der Waals surface area contributed by atoms with Gasteiger partial charge in [0.25, 0.3) is 0 Å². The molecule has 7 nitrogen and oxygen atoms in total. The number of amides is 3. The maximum absolute atomic E-state index is 14.0. The molecule has 192 valence electrons. The third-order valence-corrected chi connectivity index (χ3v) is 8.55. The molecule has 3 amide bonds. The van der Waals surface area contributed by atoms with Crippen LogP contribution in [-0.4, -0.2) is 41.2 Å². The number of fused-ring (bicyclic) bond motifs is 1. The van der Waals surface area contributed by atoms with E-state index >= 15 is 0 Å². The highest BCUT2D eigenvalue weighted by molar-refractivity contribution is 6.37. The first-order valence-corrected chi connectivity index (χ1v) is 12.9. The van der Waals surface area contributed by atoms with Crippen LogP contribution in [0.2, 0.25) is 20.2 Å². The number of imide groups is 1. The highest BCUT2D eigenvalue weighted by Crippen LogP contribution is 2.58. The van der Waals surface area contributed by atoms with Gasteiger partial charge in [-0.15, -0.1) is 0 Å². The average molecular weight is 572 g/mol. The number of carbonyl (C=O) groups excluding carboxylic acids is 3. The Bertz CT molecular complexity index is 1220. The van der Waals surface area contributed by atoms with Crippen molar-refractivity contribution in [3.63, 3.8) is 0 Å². The lowest BCUT2D eigenvalue weighted by Gasteiger charge is -2.41. The summed E-state index contributed by atoms with van der Waals surface area (Å²) in [5, 5.41) is 3.77. The number of halogens is 4. The first-order chi connectivity index (χ1) is 16.8. The molecule has 1 aromatic heterocycles. The van der Waals surface area contributed by atoms with Gasteiger partial charge in [0.2, 0.25) is 18.7 Å². The van der Waals surface area contributed by atoms with E-state index in [1.54, 1.807) is 12.1 Å². The largest absolute Gasteiger partial charge is 0.327 e. The van der Waals surface area contributed by atoms with Crippen molar-refractivity contribution in [2.45, 2.75) is 45.7 Å². The highest BCUT2D eigenvalue weighted by atomic mass is 35.5. The van der Waals surface area contributed by atoms with Gasteiger partial charge in [0.05, 0.1) is 16.6 Å². The second-order valence-electron chi connectivity index (χ2n) is 10.4. The molecular weight excluding hydrogens is 546 g/mol. The van der Waals surface area contributed by atoms with Gasteiger partial charge in [-0.3, -0.25) is 19.3 Å². The van der Waals surface area contributed by atoms with Crippen LogP contribution in [-0.2, 0) is 19.9 Å². The molecule has 36 heavy (non-hydrogen) atoms. The summed E-state index contributed by atoms with van der Waals surface area (Å²) in [5.41, 5.74) is 0.304. The predicted octanol–water partition coefficient (Wildman–Crippen LogP) is 6.03. The van der Waals surface area contributed by atoms with Crippen molar-refractivity contribution in [2.75, 3.05) is 16.8 Å². The molecule has 1 N–H and O–H groups in total. The number of nitrogens with zero attached hydrogens (tertiary/aromatic N) is 3. The highest BCUT2D eigenvalue weighted by Gasteiger charge is 2.62. The Morgan fingerprint density at radius 2 is 1.78 bits per heavy atom. The van der Waals surface area contributed by atoms with Crippen LogP contribution in [0.4, 0.5) is 11.5 Å². The van der Waals surface area contributed by atoms with Gasteiger partial charge in [0.15, 0.2) is 0 Å². The summed E-state index contributed by atoms with van der Waals surface area (Å²) in [6, 6.07) is 6.02. The van der Waals surface area contributed by atoms with E-state index in [4.69, 9.17) is 46.4 Å². The fourth-order valence-electron chi connectivity index (χ4n) is 6.01. The molecule has 0 saturated carbocycles.